The van der Waals surface area contributed by atoms with Crippen molar-refractivity contribution >= 4 is 30.3 Å². The molecule has 0 spiro atoms. The molecule has 0 atom stereocenters. The van der Waals surface area contributed by atoms with Crippen LogP contribution in [0.3, 0.4) is 0 Å². The molecule has 1 aromatic carbocycles. The standard InChI is InChI=1S/C16H18N3O4/c1-3-18(15(22)17-2)16(23)19(11-12-20)14(21)10-9-13-7-5-4-6-8-13/h4-10H,3,11H2,1-2H3,(H,17,22)/b10-9+. The Morgan fingerprint density at radius 3 is 2.35 bits per heavy atom. The van der Waals surface area contributed by atoms with E-state index in [1.165, 1.54) is 25.5 Å². The molecule has 0 aliphatic heterocycles. The van der Waals surface area contributed by atoms with Gasteiger partial charge in [-0.25, -0.2) is 14.5 Å². The monoisotopic (exact) mass is 316 g/mol. The SMILES string of the molecule is CCN(C(=O)NC)C(=O)N(C[C]=O)C(=O)/C=C/c1ccccc1. The van der Waals surface area contributed by atoms with E-state index in [-0.39, 0.29) is 6.54 Å². The fourth-order valence-electron chi connectivity index (χ4n) is 1.77. The molecule has 0 saturated heterocycles. The van der Waals surface area contributed by atoms with E-state index in [1.54, 1.807) is 31.2 Å². The molecule has 1 radical (unpaired) electrons. The highest BCUT2D eigenvalue weighted by Gasteiger charge is 2.27. The fourth-order valence-corrected chi connectivity index (χ4v) is 1.77. The van der Waals surface area contributed by atoms with Gasteiger partial charge in [-0.2, -0.15) is 0 Å². The van der Waals surface area contributed by atoms with Crippen LogP contribution in [0.1, 0.15) is 12.5 Å². The van der Waals surface area contributed by atoms with Gasteiger partial charge >= 0.3 is 12.1 Å². The average Bonchev–Trinajstić information content (AvgIpc) is 2.58. The Bertz CT molecular complexity index is 599. The normalized spacial score (nSPS) is 10.2. The summed E-state index contributed by atoms with van der Waals surface area (Å²) in [6.07, 6.45) is 4.19. The molecule has 7 heteroatoms. The summed E-state index contributed by atoms with van der Waals surface area (Å²) in [5.41, 5.74) is 0.766. The topological polar surface area (TPSA) is 86.8 Å². The molecule has 0 fully saturated rings. The summed E-state index contributed by atoms with van der Waals surface area (Å²) < 4.78 is 0. The first-order valence-electron chi connectivity index (χ1n) is 6.98. The lowest BCUT2D eigenvalue weighted by Gasteiger charge is -2.24. The number of nitrogens with one attached hydrogen (secondary N) is 1. The molecule has 121 valence electrons. The smallest absolute Gasteiger partial charge is 0.335 e. The number of carbonyl (C=O) groups is 3. The molecule has 0 heterocycles. The summed E-state index contributed by atoms with van der Waals surface area (Å²) in [6, 6.07) is 7.47. The van der Waals surface area contributed by atoms with Gasteiger partial charge in [0.05, 0.1) is 6.54 Å². The molecule has 1 N–H and O–H groups in total. The Labute approximate surface area is 134 Å². The van der Waals surface area contributed by atoms with Crippen LogP contribution in [0.25, 0.3) is 6.08 Å². The Morgan fingerprint density at radius 2 is 1.83 bits per heavy atom. The van der Waals surface area contributed by atoms with E-state index in [1.807, 2.05) is 6.07 Å². The minimum atomic E-state index is -0.877. The maximum Gasteiger partial charge on any atom is 0.335 e. The second-order valence-electron chi connectivity index (χ2n) is 4.39. The van der Waals surface area contributed by atoms with Crippen molar-refractivity contribution in [3.05, 3.63) is 42.0 Å². The summed E-state index contributed by atoms with van der Waals surface area (Å²) in [5.74, 6) is -0.704. The van der Waals surface area contributed by atoms with E-state index < -0.39 is 24.5 Å². The van der Waals surface area contributed by atoms with E-state index in [4.69, 9.17) is 0 Å². The van der Waals surface area contributed by atoms with Crippen molar-refractivity contribution in [3.8, 4) is 0 Å². The Morgan fingerprint density at radius 1 is 1.17 bits per heavy atom. The van der Waals surface area contributed by atoms with Crippen molar-refractivity contribution in [2.75, 3.05) is 20.1 Å². The van der Waals surface area contributed by atoms with Crippen molar-refractivity contribution in [1.82, 2.24) is 15.1 Å². The number of hydrogen-bond acceptors (Lipinski definition) is 4. The molecule has 7 nitrogen and oxygen atoms in total. The highest BCUT2D eigenvalue weighted by Crippen LogP contribution is 2.05. The molecule has 0 aliphatic carbocycles. The summed E-state index contributed by atoms with van der Waals surface area (Å²) in [6.45, 7) is 1.09. The zero-order chi connectivity index (χ0) is 17.2. The van der Waals surface area contributed by atoms with Crippen molar-refractivity contribution in [2.24, 2.45) is 0 Å². The van der Waals surface area contributed by atoms with Crippen LogP contribution in [0.4, 0.5) is 9.59 Å². The van der Waals surface area contributed by atoms with E-state index in [0.29, 0.717) is 4.90 Å². The summed E-state index contributed by atoms with van der Waals surface area (Å²) in [5, 5.41) is 2.30. The number of carbonyl (C=O) groups excluding carboxylic acids is 4. The van der Waals surface area contributed by atoms with E-state index >= 15 is 0 Å². The minimum Gasteiger partial charge on any atom is -0.341 e. The van der Waals surface area contributed by atoms with E-state index in [0.717, 1.165) is 10.5 Å². The van der Waals surface area contributed by atoms with Crippen LogP contribution >= 0.6 is 0 Å². The first-order valence-corrected chi connectivity index (χ1v) is 6.98. The Kier molecular flexibility index (Phi) is 7.19. The number of amides is 5. The Hall–Kier alpha value is -2.96. The highest BCUT2D eigenvalue weighted by molar-refractivity contribution is 6.07. The van der Waals surface area contributed by atoms with Gasteiger partial charge in [0.1, 0.15) is 0 Å². The molecule has 23 heavy (non-hydrogen) atoms. The molecular formula is C16H18N3O4. The largest absolute Gasteiger partial charge is 0.341 e. The second kappa shape index (κ2) is 9.14. The number of nitrogens with zero attached hydrogens (tertiary/aromatic N) is 2. The van der Waals surface area contributed by atoms with Crippen LogP contribution in [0.15, 0.2) is 36.4 Å². The lowest BCUT2D eigenvalue weighted by Crippen LogP contribution is -2.51. The quantitative estimate of drug-likeness (QED) is 0.832. The first kappa shape index (κ1) is 18.1. The lowest BCUT2D eigenvalue weighted by atomic mass is 10.2. The number of rotatable bonds is 5. The van der Waals surface area contributed by atoms with Crippen LogP contribution in [0, 0.1) is 0 Å². The van der Waals surface area contributed by atoms with Crippen LogP contribution < -0.4 is 5.32 Å². The highest BCUT2D eigenvalue weighted by atomic mass is 16.2. The first-order chi connectivity index (χ1) is 11.0. The van der Waals surface area contributed by atoms with E-state index in [2.05, 4.69) is 5.32 Å². The third-order valence-corrected chi connectivity index (χ3v) is 2.94. The van der Waals surface area contributed by atoms with Crippen LogP contribution in [-0.2, 0) is 9.59 Å². The van der Waals surface area contributed by atoms with Crippen LogP contribution in [0.5, 0.6) is 0 Å². The molecule has 0 saturated carbocycles. The number of hydrogen-bond donors (Lipinski definition) is 1. The van der Waals surface area contributed by atoms with Crippen LogP contribution in [-0.4, -0.2) is 54.2 Å². The summed E-state index contributed by atoms with van der Waals surface area (Å²) >= 11 is 0. The third kappa shape index (κ3) is 5.06. The van der Waals surface area contributed by atoms with Gasteiger partial charge in [0.2, 0.25) is 6.29 Å². The molecule has 5 amide bonds. The zero-order valence-electron chi connectivity index (χ0n) is 13.0. The maximum absolute atomic E-state index is 12.3. The zero-order valence-corrected chi connectivity index (χ0v) is 13.0. The van der Waals surface area contributed by atoms with Crippen molar-refractivity contribution in [1.29, 1.82) is 0 Å². The molecule has 0 unspecified atom stereocenters. The van der Waals surface area contributed by atoms with Gasteiger partial charge in [0, 0.05) is 19.7 Å². The third-order valence-electron chi connectivity index (χ3n) is 2.94. The van der Waals surface area contributed by atoms with Gasteiger partial charge in [-0.15, -0.1) is 0 Å². The molecule has 0 bridgehead atoms. The van der Waals surface area contributed by atoms with Gasteiger partial charge in [0.25, 0.3) is 5.91 Å². The van der Waals surface area contributed by atoms with Gasteiger partial charge in [-0.1, -0.05) is 30.3 Å². The predicted molar refractivity (Wildman–Crippen MR) is 85.1 cm³/mol. The maximum atomic E-state index is 12.3. The van der Waals surface area contributed by atoms with Gasteiger partial charge in [0.15, 0.2) is 0 Å². The second-order valence-corrected chi connectivity index (χ2v) is 4.39. The minimum absolute atomic E-state index is 0.0591. The molecular weight excluding hydrogens is 298 g/mol. The number of imide groups is 2. The van der Waals surface area contributed by atoms with Gasteiger partial charge in [-0.3, -0.25) is 14.5 Å². The van der Waals surface area contributed by atoms with Crippen LogP contribution in [0.2, 0.25) is 0 Å². The van der Waals surface area contributed by atoms with Crippen molar-refractivity contribution in [2.45, 2.75) is 6.92 Å². The van der Waals surface area contributed by atoms with Crippen molar-refractivity contribution in [3.63, 3.8) is 0 Å². The number of urea groups is 2. The van der Waals surface area contributed by atoms with Gasteiger partial charge < -0.3 is 5.32 Å². The molecule has 0 aliphatic rings. The number of benzene rings is 1. The van der Waals surface area contributed by atoms with E-state index in [9.17, 15) is 19.2 Å². The molecule has 1 rings (SSSR count). The average molecular weight is 316 g/mol. The fraction of sp³-hybridized carbons (Fsp3) is 0.250. The Balaban J connectivity index is 2.93. The molecule has 1 aromatic rings. The van der Waals surface area contributed by atoms with Crippen molar-refractivity contribution < 1.29 is 19.2 Å². The summed E-state index contributed by atoms with van der Waals surface area (Å²) in [7, 11) is 1.37. The van der Waals surface area contributed by atoms with Gasteiger partial charge in [-0.05, 0) is 18.6 Å². The predicted octanol–water partition coefficient (Wildman–Crippen LogP) is 1.42. The molecule has 0 aromatic heterocycles. The lowest BCUT2D eigenvalue weighted by molar-refractivity contribution is -0.123. The summed E-state index contributed by atoms with van der Waals surface area (Å²) in [4.78, 5) is 48.2.